The molecular formula is C9H7BrClNO2. The van der Waals surface area contributed by atoms with Crippen LogP contribution in [0.25, 0.3) is 0 Å². The fraction of sp³-hybridized carbons (Fsp3) is 0.111. The van der Waals surface area contributed by atoms with Gasteiger partial charge in [-0.15, -0.1) is 0 Å². The number of alkyl halides is 1. The van der Waals surface area contributed by atoms with Crippen LogP contribution >= 0.6 is 27.5 Å². The fourth-order valence-electron chi connectivity index (χ4n) is 0.917. The second kappa shape index (κ2) is 4.57. The zero-order valence-electron chi connectivity index (χ0n) is 7.04. The van der Waals surface area contributed by atoms with Crippen molar-refractivity contribution < 1.29 is 9.59 Å². The largest absolute Gasteiger partial charge is 0.368 e. The van der Waals surface area contributed by atoms with E-state index >= 15 is 0 Å². The number of nitrogens with two attached hydrogens (primary N) is 1. The molecule has 5 heteroatoms. The molecule has 0 saturated heterocycles. The molecule has 0 radical (unpaired) electrons. The topological polar surface area (TPSA) is 60.2 Å². The fourth-order valence-corrected chi connectivity index (χ4v) is 1.37. The molecule has 1 atom stereocenters. The lowest BCUT2D eigenvalue weighted by Crippen LogP contribution is -2.30. The molecule has 1 aromatic carbocycles. The summed E-state index contributed by atoms with van der Waals surface area (Å²) in [6.07, 6.45) is 0. The Balaban J connectivity index is 2.95. The van der Waals surface area contributed by atoms with Crippen LogP contribution in [0.3, 0.4) is 0 Å². The molecule has 0 heterocycles. The average molecular weight is 277 g/mol. The van der Waals surface area contributed by atoms with Gasteiger partial charge in [0.2, 0.25) is 5.91 Å². The first-order valence-electron chi connectivity index (χ1n) is 3.75. The quantitative estimate of drug-likeness (QED) is 0.519. The highest BCUT2D eigenvalue weighted by Gasteiger charge is 2.21. The molecule has 0 spiro atoms. The van der Waals surface area contributed by atoms with Crippen molar-refractivity contribution in [3.8, 4) is 0 Å². The monoisotopic (exact) mass is 275 g/mol. The van der Waals surface area contributed by atoms with Crippen LogP contribution in [0.15, 0.2) is 24.3 Å². The van der Waals surface area contributed by atoms with Crippen molar-refractivity contribution in [1.29, 1.82) is 0 Å². The van der Waals surface area contributed by atoms with Crippen molar-refractivity contribution in [2.45, 2.75) is 4.83 Å². The molecule has 3 nitrogen and oxygen atoms in total. The molecule has 74 valence electrons. The van der Waals surface area contributed by atoms with Crippen LogP contribution in [0, 0.1) is 0 Å². The Kier molecular flexibility index (Phi) is 3.66. The summed E-state index contributed by atoms with van der Waals surface area (Å²) in [5, 5.41) is 0.444. The van der Waals surface area contributed by atoms with Crippen LogP contribution in [0.1, 0.15) is 10.4 Å². The third-order valence-electron chi connectivity index (χ3n) is 1.59. The summed E-state index contributed by atoms with van der Waals surface area (Å²) in [5.74, 6) is -1.10. The number of Topliss-reactive ketones (excluding diaryl/α,β-unsaturated/α-hetero) is 1. The minimum atomic E-state index is -0.999. The maximum absolute atomic E-state index is 11.5. The van der Waals surface area contributed by atoms with Crippen molar-refractivity contribution in [2.24, 2.45) is 5.73 Å². The summed E-state index contributed by atoms with van der Waals surface area (Å²) in [7, 11) is 0. The molecule has 1 unspecified atom stereocenters. The molecule has 1 aromatic rings. The number of hydrogen-bond acceptors (Lipinski definition) is 2. The van der Waals surface area contributed by atoms with E-state index in [0.29, 0.717) is 10.6 Å². The molecule has 0 aliphatic rings. The SMILES string of the molecule is NC(=O)C(Br)C(=O)c1cccc(Cl)c1. The van der Waals surface area contributed by atoms with Gasteiger partial charge in [-0.2, -0.15) is 0 Å². The molecule has 2 N–H and O–H groups in total. The van der Waals surface area contributed by atoms with Gasteiger partial charge >= 0.3 is 0 Å². The summed E-state index contributed by atoms with van der Waals surface area (Å²) in [6.45, 7) is 0. The Morgan fingerprint density at radius 2 is 2.07 bits per heavy atom. The molecule has 0 aromatic heterocycles. The lowest BCUT2D eigenvalue weighted by atomic mass is 10.1. The summed E-state index contributed by atoms with van der Waals surface area (Å²) < 4.78 is 0. The number of ketones is 1. The van der Waals surface area contributed by atoms with Crippen LogP contribution < -0.4 is 5.73 Å². The summed E-state index contributed by atoms with van der Waals surface area (Å²) in [5.41, 5.74) is 5.33. The van der Waals surface area contributed by atoms with E-state index in [1.165, 1.54) is 6.07 Å². The van der Waals surface area contributed by atoms with Gasteiger partial charge in [-0.25, -0.2) is 0 Å². The number of carbonyl (C=O) groups is 2. The number of primary amides is 1. The first-order valence-corrected chi connectivity index (χ1v) is 5.05. The molecular weight excluding hydrogens is 269 g/mol. The van der Waals surface area contributed by atoms with E-state index in [1.54, 1.807) is 18.2 Å². The van der Waals surface area contributed by atoms with Crippen LogP contribution in [0.2, 0.25) is 5.02 Å². The van der Waals surface area contributed by atoms with Gasteiger partial charge < -0.3 is 5.73 Å². The lowest BCUT2D eigenvalue weighted by molar-refractivity contribution is -0.116. The first kappa shape index (κ1) is 11.2. The number of benzene rings is 1. The Morgan fingerprint density at radius 1 is 1.43 bits per heavy atom. The maximum atomic E-state index is 11.5. The van der Waals surface area contributed by atoms with E-state index in [2.05, 4.69) is 15.9 Å². The van der Waals surface area contributed by atoms with Crippen molar-refractivity contribution in [3.05, 3.63) is 34.9 Å². The Hall–Kier alpha value is -0.870. The summed E-state index contributed by atoms with van der Waals surface area (Å²) in [4.78, 5) is 21.3. The number of hydrogen-bond donors (Lipinski definition) is 1. The molecule has 1 amide bonds. The van der Waals surface area contributed by atoms with Gasteiger partial charge in [-0.1, -0.05) is 39.7 Å². The van der Waals surface area contributed by atoms with E-state index in [-0.39, 0.29) is 5.78 Å². The van der Waals surface area contributed by atoms with E-state index < -0.39 is 10.7 Å². The predicted octanol–water partition coefficient (Wildman–Crippen LogP) is 1.77. The zero-order valence-corrected chi connectivity index (χ0v) is 9.38. The standard InChI is InChI=1S/C9H7BrClNO2/c10-7(9(12)14)8(13)5-2-1-3-6(11)4-5/h1-4,7H,(H2,12,14). The first-order chi connectivity index (χ1) is 6.52. The van der Waals surface area contributed by atoms with Gasteiger partial charge in [-0.3, -0.25) is 9.59 Å². The highest BCUT2D eigenvalue weighted by Crippen LogP contribution is 2.15. The molecule has 1 rings (SSSR count). The minimum absolute atomic E-state index is 0.359. The zero-order chi connectivity index (χ0) is 10.7. The third kappa shape index (κ3) is 2.56. The van der Waals surface area contributed by atoms with Gasteiger partial charge in [0.1, 0.15) is 0 Å². The van der Waals surface area contributed by atoms with Gasteiger partial charge in [0.05, 0.1) is 0 Å². The maximum Gasteiger partial charge on any atom is 0.239 e. The predicted molar refractivity (Wildman–Crippen MR) is 57.7 cm³/mol. The van der Waals surface area contributed by atoms with Gasteiger partial charge in [-0.05, 0) is 12.1 Å². The summed E-state index contributed by atoms with van der Waals surface area (Å²) in [6, 6.07) is 6.34. The Bertz CT molecular complexity index is 381. The van der Waals surface area contributed by atoms with Crippen molar-refractivity contribution in [2.75, 3.05) is 0 Å². The van der Waals surface area contributed by atoms with Crippen LogP contribution in [0.4, 0.5) is 0 Å². The highest BCUT2D eigenvalue weighted by atomic mass is 79.9. The van der Waals surface area contributed by atoms with Gasteiger partial charge in [0.25, 0.3) is 0 Å². The number of halogens is 2. The van der Waals surface area contributed by atoms with Crippen molar-refractivity contribution in [3.63, 3.8) is 0 Å². The smallest absolute Gasteiger partial charge is 0.239 e. The average Bonchev–Trinajstić information content (AvgIpc) is 2.15. The molecule has 0 saturated carbocycles. The Labute approximate surface area is 94.4 Å². The van der Waals surface area contributed by atoms with Crippen LogP contribution in [0.5, 0.6) is 0 Å². The van der Waals surface area contributed by atoms with Crippen molar-refractivity contribution in [1.82, 2.24) is 0 Å². The summed E-state index contributed by atoms with van der Waals surface area (Å²) >= 11 is 8.59. The molecule has 0 fully saturated rings. The van der Waals surface area contributed by atoms with E-state index in [0.717, 1.165) is 0 Å². The Morgan fingerprint density at radius 3 is 2.57 bits per heavy atom. The van der Waals surface area contributed by atoms with Crippen LogP contribution in [-0.4, -0.2) is 16.5 Å². The minimum Gasteiger partial charge on any atom is -0.368 e. The normalized spacial score (nSPS) is 12.1. The van der Waals surface area contributed by atoms with Crippen molar-refractivity contribution >= 4 is 39.2 Å². The van der Waals surface area contributed by atoms with E-state index in [4.69, 9.17) is 17.3 Å². The molecule has 0 aliphatic heterocycles. The number of rotatable bonds is 3. The second-order valence-electron chi connectivity index (χ2n) is 2.64. The molecule has 14 heavy (non-hydrogen) atoms. The number of carbonyl (C=O) groups excluding carboxylic acids is 2. The second-order valence-corrected chi connectivity index (χ2v) is 3.99. The van der Waals surface area contributed by atoms with Gasteiger partial charge in [0, 0.05) is 10.6 Å². The lowest BCUT2D eigenvalue weighted by Gasteiger charge is -2.04. The van der Waals surface area contributed by atoms with Crippen LogP contribution in [-0.2, 0) is 4.79 Å². The molecule has 0 aliphatic carbocycles. The highest BCUT2D eigenvalue weighted by molar-refractivity contribution is 9.10. The van der Waals surface area contributed by atoms with Gasteiger partial charge in [0.15, 0.2) is 10.6 Å². The number of amides is 1. The molecule has 0 bridgehead atoms. The van der Waals surface area contributed by atoms with E-state index in [9.17, 15) is 9.59 Å². The third-order valence-corrected chi connectivity index (χ3v) is 2.69. The van der Waals surface area contributed by atoms with E-state index in [1.807, 2.05) is 0 Å².